The first kappa shape index (κ1) is 12.4. The highest BCUT2D eigenvalue weighted by Gasteiger charge is 2.38. The summed E-state index contributed by atoms with van der Waals surface area (Å²) >= 11 is 5.71. The maximum absolute atomic E-state index is 11.8. The number of halogens is 2. The molecule has 2 rings (SSSR count). The molecule has 86 valence electrons. The Morgan fingerprint density at radius 1 is 1.56 bits per heavy atom. The molecule has 0 bridgehead atoms. The molecule has 4 heteroatoms. The lowest BCUT2D eigenvalue weighted by atomic mass is 9.94. The number of rotatable bonds is 3. The molecule has 0 N–H and O–H groups in total. The van der Waals surface area contributed by atoms with Crippen molar-refractivity contribution in [1.82, 2.24) is 0 Å². The van der Waals surface area contributed by atoms with Crippen molar-refractivity contribution in [3.8, 4) is 0 Å². The molecule has 1 aliphatic rings. The molecule has 0 amide bonds. The van der Waals surface area contributed by atoms with Crippen LogP contribution in [0.15, 0.2) is 22.7 Å². The van der Waals surface area contributed by atoms with Gasteiger partial charge < -0.3 is 4.74 Å². The Morgan fingerprint density at radius 3 is 2.75 bits per heavy atom. The highest BCUT2D eigenvalue weighted by molar-refractivity contribution is 14.1. The molecular formula is C12H12BrIO2. The predicted molar refractivity (Wildman–Crippen MR) is 74.3 cm³/mol. The second-order valence-electron chi connectivity index (χ2n) is 4.00. The Kier molecular flexibility index (Phi) is 3.89. The van der Waals surface area contributed by atoms with Crippen LogP contribution < -0.4 is 0 Å². The van der Waals surface area contributed by atoms with Crippen LogP contribution in [0.25, 0.3) is 0 Å². The van der Waals surface area contributed by atoms with Crippen molar-refractivity contribution in [2.75, 3.05) is 7.11 Å². The molecule has 0 aromatic heterocycles. The van der Waals surface area contributed by atoms with E-state index in [1.165, 1.54) is 7.11 Å². The Balaban J connectivity index is 2.34. The molecule has 1 atom stereocenters. The van der Waals surface area contributed by atoms with Crippen molar-refractivity contribution in [3.05, 3.63) is 31.8 Å². The van der Waals surface area contributed by atoms with E-state index in [0.29, 0.717) is 5.92 Å². The minimum atomic E-state index is -0.109. The highest BCUT2D eigenvalue weighted by atomic mass is 127. The van der Waals surface area contributed by atoms with Crippen molar-refractivity contribution in [3.63, 3.8) is 0 Å². The van der Waals surface area contributed by atoms with Crippen LogP contribution in [0.2, 0.25) is 0 Å². The second kappa shape index (κ2) is 5.04. The Labute approximate surface area is 117 Å². The van der Waals surface area contributed by atoms with Crippen LogP contribution in [-0.4, -0.2) is 13.1 Å². The van der Waals surface area contributed by atoms with Gasteiger partial charge in [0.1, 0.15) is 0 Å². The van der Waals surface area contributed by atoms with Crippen LogP contribution in [0, 0.1) is 9.49 Å². The van der Waals surface area contributed by atoms with Gasteiger partial charge >= 0.3 is 5.97 Å². The van der Waals surface area contributed by atoms with Gasteiger partial charge in [0.05, 0.1) is 13.0 Å². The van der Waals surface area contributed by atoms with E-state index in [2.05, 4.69) is 38.5 Å². The molecule has 1 saturated carbocycles. The standard InChI is InChI=1S/C12H12BrIO2/c1-16-12(15)11(7-2-3-7)9-5-4-8(13)6-10(9)14/h4-7,11H,2-3H2,1H3. The summed E-state index contributed by atoms with van der Waals surface area (Å²) in [6.07, 6.45) is 2.26. The van der Waals surface area contributed by atoms with E-state index in [1.54, 1.807) is 0 Å². The van der Waals surface area contributed by atoms with E-state index < -0.39 is 0 Å². The summed E-state index contributed by atoms with van der Waals surface area (Å²) in [4.78, 5) is 11.8. The molecule has 0 aliphatic heterocycles. The van der Waals surface area contributed by atoms with Gasteiger partial charge in [-0.1, -0.05) is 22.0 Å². The fourth-order valence-corrected chi connectivity index (χ4v) is 3.52. The number of ether oxygens (including phenoxy) is 1. The van der Waals surface area contributed by atoms with Crippen LogP contribution in [0.3, 0.4) is 0 Å². The van der Waals surface area contributed by atoms with Crippen LogP contribution in [-0.2, 0) is 9.53 Å². The monoisotopic (exact) mass is 394 g/mol. The maximum atomic E-state index is 11.8. The summed E-state index contributed by atoms with van der Waals surface area (Å²) in [5.74, 6) is 0.287. The number of hydrogen-bond donors (Lipinski definition) is 0. The van der Waals surface area contributed by atoms with Crippen molar-refractivity contribution < 1.29 is 9.53 Å². The van der Waals surface area contributed by atoms with Crippen molar-refractivity contribution in [2.24, 2.45) is 5.92 Å². The lowest BCUT2D eigenvalue weighted by Crippen LogP contribution is -2.17. The molecule has 1 aromatic carbocycles. The molecule has 2 nitrogen and oxygen atoms in total. The molecule has 0 heterocycles. The Morgan fingerprint density at radius 2 is 2.25 bits per heavy atom. The number of esters is 1. The van der Waals surface area contributed by atoms with Gasteiger partial charge in [0.25, 0.3) is 0 Å². The van der Waals surface area contributed by atoms with Crippen LogP contribution in [0.5, 0.6) is 0 Å². The quantitative estimate of drug-likeness (QED) is 0.576. The van der Waals surface area contributed by atoms with Crippen molar-refractivity contribution >= 4 is 44.5 Å². The van der Waals surface area contributed by atoms with Gasteiger partial charge in [-0.15, -0.1) is 0 Å². The minimum absolute atomic E-state index is 0.0787. The molecule has 1 aromatic rings. The third-order valence-electron chi connectivity index (χ3n) is 2.85. The van der Waals surface area contributed by atoms with Crippen LogP contribution >= 0.6 is 38.5 Å². The first-order chi connectivity index (χ1) is 7.63. The highest BCUT2D eigenvalue weighted by Crippen LogP contribution is 2.44. The van der Waals surface area contributed by atoms with Gasteiger partial charge in [-0.2, -0.15) is 0 Å². The number of carbonyl (C=O) groups is 1. The van der Waals surface area contributed by atoms with Gasteiger partial charge in [-0.05, 0) is 59.0 Å². The van der Waals surface area contributed by atoms with Gasteiger partial charge in [0.15, 0.2) is 0 Å². The largest absolute Gasteiger partial charge is 0.469 e. The predicted octanol–water partition coefficient (Wildman–Crippen LogP) is 3.72. The number of benzene rings is 1. The summed E-state index contributed by atoms with van der Waals surface area (Å²) in [6.45, 7) is 0. The third-order valence-corrected chi connectivity index (χ3v) is 4.27. The summed E-state index contributed by atoms with van der Waals surface area (Å²) in [6, 6.07) is 6.04. The fourth-order valence-electron chi connectivity index (χ4n) is 1.88. The molecule has 1 unspecified atom stereocenters. The van der Waals surface area contributed by atoms with Gasteiger partial charge in [-0.3, -0.25) is 4.79 Å². The summed E-state index contributed by atoms with van der Waals surface area (Å²) in [5.41, 5.74) is 1.10. The molecule has 0 radical (unpaired) electrons. The van der Waals surface area contributed by atoms with Gasteiger partial charge in [-0.25, -0.2) is 0 Å². The van der Waals surface area contributed by atoms with Crippen molar-refractivity contribution in [1.29, 1.82) is 0 Å². The van der Waals surface area contributed by atoms with E-state index in [-0.39, 0.29) is 11.9 Å². The molecule has 1 fully saturated rings. The summed E-state index contributed by atoms with van der Waals surface area (Å²) < 4.78 is 7.06. The first-order valence-electron chi connectivity index (χ1n) is 5.16. The van der Waals surface area contributed by atoms with Crippen LogP contribution in [0.1, 0.15) is 24.3 Å². The summed E-state index contributed by atoms with van der Waals surface area (Å²) in [7, 11) is 1.46. The zero-order valence-electron chi connectivity index (χ0n) is 8.87. The van der Waals surface area contributed by atoms with Gasteiger partial charge in [0, 0.05) is 8.04 Å². The average molecular weight is 395 g/mol. The van der Waals surface area contributed by atoms with E-state index in [4.69, 9.17) is 4.74 Å². The lowest BCUT2D eigenvalue weighted by molar-refractivity contribution is -0.143. The van der Waals surface area contributed by atoms with E-state index in [0.717, 1.165) is 26.4 Å². The minimum Gasteiger partial charge on any atom is -0.469 e. The normalized spacial score (nSPS) is 16.9. The Bertz CT molecular complexity index is 415. The molecule has 0 saturated heterocycles. The SMILES string of the molecule is COC(=O)C(c1ccc(Br)cc1I)C1CC1. The maximum Gasteiger partial charge on any atom is 0.313 e. The van der Waals surface area contributed by atoms with E-state index in [9.17, 15) is 4.79 Å². The average Bonchev–Trinajstić information content (AvgIpc) is 3.05. The summed E-state index contributed by atoms with van der Waals surface area (Å²) in [5, 5.41) is 0. The first-order valence-corrected chi connectivity index (χ1v) is 7.03. The van der Waals surface area contributed by atoms with Crippen LogP contribution in [0.4, 0.5) is 0 Å². The van der Waals surface area contributed by atoms with Crippen molar-refractivity contribution in [2.45, 2.75) is 18.8 Å². The second-order valence-corrected chi connectivity index (χ2v) is 6.08. The molecule has 1 aliphatic carbocycles. The molecular weight excluding hydrogens is 383 g/mol. The fraction of sp³-hybridized carbons (Fsp3) is 0.417. The molecule has 0 spiro atoms. The van der Waals surface area contributed by atoms with E-state index in [1.807, 2.05) is 18.2 Å². The zero-order chi connectivity index (χ0) is 11.7. The number of carbonyl (C=O) groups excluding carboxylic acids is 1. The zero-order valence-corrected chi connectivity index (χ0v) is 12.6. The van der Waals surface area contributed by atoms with E-state index >= 15 is 0 Å². The molecule has 16 heavy (non-hydrogen) atoms. The Hall–Kier alpha value is -0.100. The number of hydrogen-bond acceptors (Lipinski definition) is 2. The topological polar surface area (TPSA) is 26.3 Å². The number of methoxy groups -OCH3 is 1. The van der Waals surface area contributed by atoms with Gasteiger partial charge in [0.2, 0.25) is 0 Å². The third kappa shape index (κ3) is 2.59. The lowest BCUT2D eigenvalue weighted by Gasteiger charge is -2.16. The smallest absolute Gasteiger partial charge is 0.313 e.